The second kappa shape index (κ2) is 6.33. The lowest BCUT2D eigenvalue weighted by Crippen LogP contribution is -2.40. The molecule has 4 heteroatoms. The summed E-state index contributed by atoms with van der Waals surface area (Å²) >= 11 is 6.08. The highest BCUT2D eigenvalue weighted by Gasteiger charge is 2.29. The maximum absolute atomic E-state index is 6.45. The van der Waals surface area contributed by atoms with Crippen molar-refractivity contribution in [3.63, 3.8) is 0 Å². The van der Waals surface area contributed by atoms with E-state index in [4.69, 9.17) is 22.1 Å². The van der Waals surface area contributed by atoms with Crippen LogP contribution in [0.1, 0.15) is 37.3 Å². The monoisotopic (exact) mass is 294 g/mol. The molecule has 2 atom stereocenters. The van der Waals surface area contributed by atoms with Gasteiger partial charge in [-0.3, -0.25) is 0 Å². The highest BCUT2D eigenvalue weighted by atomic mass is 35.5. The third-order valence-electron chi connectivity index (χ3n) is 4.48. The predicted molar refractivity (Wildman–Crippen MR) is 82.3 cm³/mol. The molecule has 2 aliphatic heterocycles. The van der Waals surface area contributed by atoms with E-state index in [0.29, 0.717) is 12.5 Å². The Bertz CT molecular complexity index is 458. The van der Waals surface area contributed by atoms with Crippen LogP contribution in [0.3, 0.4) is 0 Å². The molecule has 0 aromatic heterocycles. The van der Waals surface area contributed by atoms with Gasteiger partial charge in [0, 0.05) is 29.1 Å². The third kappa shape index (κ3) is 3.11. The van der Waals surface area contributed by atoms with Crippen molar-refractivity contribution in [3.05, 3.63) is 28.8 Å². The second-order valence-corrected chi connectivity index (χ2v) is 6.43. The predicted octanol–water partition coefficient (Wildman–Crippen LogP) is 3.22. The Kier molecular flexibility index (Phi) is 4.49. The molecule has 0 spiro atoms. The topological polar surface area (TPSA) is 38.5 Å². The molecule has 20 heavy (non-hydrogen) atoms. The van der Waals surface area contributed by atoms with E-state index in [9.17, 15) is 0 Å². The van der Waals surface area contributed by atoms with Gasteiger partial charge in [0.2, 0.25) is 0 Å². The van der Waals surface area contributed by atoms with Crippen LogP contribution in [0.2, 0.25) is 5.02 Å². The van der Waals surface area contributed by atoms with E-state index in [-0.39, 0.29) is 6.04 Å². The van der Waals surface area contributed by atoms with Crippen LogP contribution in [0.4, 0.5) is 0 Å². The lowest BCUT2D eigenvalue weighted by Gasteiger charge is -2.34. The molecule has 1 saturated heterocycles. The number of halogens is 1. The minimum absolute atomic E-state index is 0.0284. The highest BCUT2D eigenvalue weighted by molar-refractivity contribution is 6.30. The van der Waals surface area contributed by atoms with Crippen LogP contribution in [0.5, 0.6) is 5.75 Å². The molecule has 2 N–H and O–H groups in total. The van der Waals surface area contributed by atoms with Gasteiger partial charge in [0.25, 0.3) is 0 Å². The minimum atomic E-state index is 0.0284. The molecule has 2 aliphatic rings. The van der Waals surface area contributed by atoms with Gasteiger partial charge in [0.15, 0.2) is 0 Å². The first-order valence-corrected chi connectivity index (χ1v) is 8.02. The molecule has 0 amide bonds. The van der Waals surface area contributed by atoms with Gasteiger partial charge in [-0.05, 0) is 44.1 Å². The number of likely N-dealkylation sites (tertiary alicyclic amines) is 1. The molecule has 110 valence electrons. The van der Waals surface area contributed by atoms with Gasteiger partial charge in [-0.1, -0.05) is 24.4 Å². The molecule has 2 unspecified atom stereocenters. The first kappa shape index (κ1) is 14.2. The zero-order valence-electron chi connectivity index (χ0n) is 11.9. The average molecular weight is 295 g/mol. The Hall–Kier alpha value is -0.770. The second-order valence-electron chi connectivity index (χ2n) is 5.99. The Morgan fingerprint density at radius 1 is 1.20 bits per heavy atom. The molecular formula is C16H23ClN2O. The van der Waals surface area contributed by atoms with Gasteiger partial charge >= 0.3 is 0 Å². The van der Waals surface area contributed by atoms with Crippen LogP contribution in [-0.4, -0.2) is 31.1 Å². The van der Waals surface area contributed by atoms with E-state index in [0.717, 1.165) is 22.9 Å². The fourth-order valence-corrected chi connectivity index (χ4v) is 3.46. The van der Waals surface area contributed by atoms with Crippen molar-refractivity contribution in [2.75, 3.05) is 26.2 Å². The summed E-state index contributed by atoms with van der Waals surface area (Å²) in [6, 6.07) is 5.78. The van der Waals surface area contributed by atoms with Gasteiger partial charge < -0.3 is 15.4 Å². The van der Waals surface area contributed by atoms with Gasteiger partial charge in [0.1, 0.15) is 5.75 Å². The molecule has 0 saturated carbocycles. The molecule has 0 aliphatic carbocycles. The Morgan fingerprint density at radius 2 is 1.95 bits per heavy atom. The molecule has 0 bridgehead atoms. The standard InChI is InChI=1S/C16H23ClN2O/c17-13-5-6-15-14(9-13)16(18)12(11-20-15)10-19-7-3-1-2-4-8-19/h5-6,9,12,16H,1-4,7-8,10-11,18H2. The van der Waals surface area contributed by atoms with Gasteiger partial charge in [0.05, 0.1) is 6.61 Å². The minimum Gasteiger partial charge on any atom is -0.493 e. The molecule has 1 aromatic rings. The molecule has 1 aromatic carbocycles. The van der Waals surface area contributed by atoms with Crippen molar-refractivity contribution in [1.29, 1.82) is 0 Å². The smallest absolute Gasteiger partial charge is 0.124 e. The van der Waals surface area contributed by atoms with Gasteiger partial charge in [-0.25, -0.2) is 0 Å². The summed E-state index contributed by atoms with van der Waals surface area (Å²) in [7, 11) is 0. The van der Waals surface area contributed by atoms with Gasteiger partial charge in [-0.2, -0.15) is 0 Å². The molecule has 0 radical (unpaired) electrons. The first-order valence-electron chi connectivity index (χ1n) is 7.64. The van der Waals surface area contributed by atoms with Crippen molar-refractivity contribution in [2.24, 2.45) is 11.7 Å². The summed E-state index contributed by atoms with van der Waals surface area (Å²) in [6.07, 6.45) is 5.35. The molecule has 1 fully saturated rings. The van der Waals surface area contributed by atoms with E-state index in [2.05, 4.69) is 4.90 Å². The van der Waals surface area contributed by atoms with E-state index in [1.807, 2.05) is 18.2 Å². The van der Waals surface area contributed by atoms with Crippen molar-refractivity contribution < 1.29 is 4.74 Å². The maximum atomic E-state index is 6.45. The Morgan fingerprint density at radius 3 is 2.70 bits per heavy atom. The maximum Gasteiger partial charge on any atom is 0.124 e. The zero-order chi connectivity index (χ0) is 13.9. The molecule has 3 rings (SSSR count). The summed E-state index contributed by atoms with van der Waals surface area (Å²) in [5.41, 5.74) is 7.51. The third-order valence-corrected chi connectivity index (χ3v) is 4.72. The van der Waals surface area contributed by atoms with Crippen LogP contribution < -0.4 is 10.5 Å². The van der Waals surface area contributed by atoms with Gasteiger partial charge in [-0.15, -0.1) is 0 Å². The first-order chi connectivity index (χ1) is 9.74. The SMILES string of the molecule is NC1c2cc(Cl)ccc2OCC1CN1CCCCCC1. The van der Waals surface area contributed by atoms with E-state index in [1.165, 1.54) is 38.8 Å². The van der Waals surface area contributed by atoms with E-state index >= 15 is 0 Å². The normalized spacial score (nSPS) is 27.5. The number of nitrogens with two attached hydrogens (primary N) is 1. The summed E-state index contributed by atoms with van der Waals surface area (Å²) in [4.78, 5) is 2.55. The van der Waals surface area contributed by atoms with E-state index in [1.54, 1.807) is 0 Å². The lowest BCUT2D eigenvalue weighted by molar-refractivity contribution is 0.140. The van der Waals surface area contributed by atoms with Crippen LogP contribution in [-0.2, 0) is 0 Å². The number of hydrogen-bond donors (Lipinski definition) is 1. The Labute approximate surface area is 126 Å². The van der Waals surface area contributed by atoms with Crippen LogP contribution >= 0.6 is 11.6 Å². The summed E-state index contributed by atoms with van der Waals surface area (Å²) < 4.78 is 5.87. The fourth-order valence-electron chi connectivity index (χ4n) is 3.28. The van der Waals surface area contributed by atoms with Crippen molar-refractivity contribution in [1.82, 2.24) is 4.90 Å². The van der Waals surface area contributed by atoms with E-state index < -0.39 is 0 Å². The van der Waals surface area contributed by atoms with Crippen LogP contribution in [0.25, 0.3) is 0 Å². The Balaban J connectivity index is 1.69. The average Bonchev–Trinajstić information content (AvgIpc) is 2.71. The largest absolute Gasteiger partial charge is 0.493 e. The van der Waals surface area contributed by atoms with Crippen LogP contribution in [0.15, 0.2) is 18.2 Å². The molecular weight excluding hydrogens is 272 g/mol. The number of hydrogen-bond acceptors (Lipinski definition) is 3. The molecule has 3 nitrogen and oxygen atoms in total. The van der Waals surface area contributed by atoms with Crippen LogP contribution in [0, 0.1) is 5.92 Å². The zero-order valence-corrected chi connectivity index (χ0v) is 12.6. The number of nitrogens with zero attached hydrogens (tertiary/aromatic N) is 1. The fraction of sp³-hybridized carbons (Fsp3) is 0.625. The summed E-state index contributed by atoms with van der Waals surface area (Å²) in [5, 5.41) is 0.734. The quantitative estimate of drug-likeness (QED) is 0.910. The highest BCUT2D eigenvalue weighted by Crippen LogP contribution is 2.36. The molecule has 2 heterocycles. The van der Waals surface area contributed by atoms with Crippen molar-refractivity contribution in [3.8, 4) is 5.75 Å². The number of ether oxygens (including phenoxy) is 1. The van der Waals surface area contributed by atoms with Crippen molar-refractivity contribution in [2.45, 2.75) is 31.7 Å². The number of fused-ring (bicyclic) bond motifs is 1. The van der Waals surface area contributed by atoms with Crippen molar-refractivity contribution >= 4 is 11.6 Å². The summed E-state index contributed by atoms with van der Waals surface area (Å²) in [5.74, 6) is 1.26. The lowest BCUT2D eigenvalue weighted by atomic mass is 9.91. The number of rotatable bonds is 2. The summed E-state index contributed by atoms with van der Waals surface area (Å²) in [6.45, 7) is 4.15. The number of benzene rings is 1.